The summed E-state index contributed by atoms with van der Waals surface area (Å²) in [5, 5.41) is 53.4. The van der Waals surface area contributed by atoms with E-state index in [9.17, 15) is 0 Å². The summed E-state index contributed by atoms with van der Waals surface area (Å²) in [5.41, 5.74) is 0. The van der Waals surface area contributed by atoms with Gasteiger partial charge in [0.05, 0.1) is 52.7 Å². The van der Waals surface area contributed by atoms with Crippen LogP contribution in [0.2, 0.25) is 0 Å². The third-order valence-corrected chi connectivity index (χ3v) is 4.84. The predicted octanol–water partition coefficient (Wildman–Crippen LogP) is -4.50. The molecule has 12 heteroatoms. The maximum Gasteiger partial charge on any atom is 0.102 e. The van der Waals surface area contributed by atoms with Gasteiger partial charge in [0.25, 0.3) is 0 Å². The lowest BCUT2D eigenvalue weighted by Gasteiger charge is -2.37. The molecule has 6 N–H and O–H groups in total. The van der Waals surface area contributed by atoms with Crippen LogP contribution in [-0.4, -0.2) is 141 Å². The quantitative estimate of drug-likeness (QED) is 0.0975. The predicted molar refractivity (Wildman–Crippen MR) is 109 cm³/mol. The minimum atomic E-state index is -3.63. The van der Waals surface area contributed by atoms with Gasteiger partial charge in [0.15, 0.2) is 0 Å². The van der Waals surface area contributed by atoms with Crippen LogP contribution < -0.4 is 9.59 Å². The van der Waals surface area contributed by atoms with Gasteiger partial charge < -0.3 is 53.7 Å². The van der Waals surface area contributed by atoms with Crippen LogP contribution in [0.3, 0.4) is 0 Å². The van der Waals surface area contributed by atoms with E-state index in [0.29, 0.717) is 48.2 Å². The van der Waals surface area contributed by atoms with E-state index < -0.39 is 9.17 Å². The molecule has 0 radical (unpaired) electrons. The monoisotopic (exact) mass is 460 g/mol. The fourth-order valence-corrected chi connectivity index (χ4v) is 3.56. The Hall–Kier alpha value is -0.703. The molecule has 0 atom stereocenters. The Kier molecular flexibility index (Phi) is 26.0. The Morgan fingerprint density at radius 3 is 0.800 bits per heavy atom. The molecule has 0 aromatic rings. The molecule has 0 saturated carbocycles. The molecular formula is C18H44N2O9Si. The molecule has 30 heavy (non-hydrogen) atoms. The van der Waals surface area contributed by atoms with Crippen molar-refractivity contribution in [1.29, 1.82) is 0 Å². The van der Waals surface area contributed by atoms with Crippen molar-refractivity contribution in [3.05, 3.63) is 0 Å². The number of aliphatic hydroxyl groups is 6. The Morgan fingerprint density at radius 1 is 0.533 bits per heavy atom. The van der Waals surface area contributed by atoms with Crippen LogP contribution in [0.1, 0.15) is 26.7 Å². The molecule has 0 aromatic heterocycles. The molecule has 0 aromatic carbocycles. The fourth-order valence-electron chi connectivity index (χ4n) is 3.56. The SMILES string of the molecule is CCC[N+](CCO)(CCO)CCO.CCC[N+](CCO)(CCO)CCO.O=[Si]([O-])[O-]. The third kappa shape index (κ3) is 19.3. The van der Waals surface area contributed by atoms with Crippen LogP contribution in [0.4, 0.5) is 0 Å². The van der Waals surface area contributed by atoms with Gasteiger partial charge in [-0.2, -0.15) is 0 Å². The van der Waals surface area contributed by atoms with Crippen LogP contribution in [0.5, 0.6) is 0 Å². The van der Waals surface area contributed by atoms with Crippen molar-refractivity contribution in [3.8, 4) is 0 Å². The molecule has 0 fully saturated rings. The van der Waals surface area contributed by atoms with E-state index in [-0.39, 0.29) is 39.6 Å². The highest BCUT2D eigenvalue weighted by atomic mass is 28.3. The molecule has 0 amide bonds. The molecule has 0 aliphatic carbocycles. The zero-order valence-electron chi connectivity index (χ0n) is 18.6. The van der Waals surface area contributed by atoms with Gasteiger partial charge in [-0.15, -0.1) is 0 Å². The van der Waals surface area contributed by atoms with Crippen molar-refractivity contribution in [2.45, 2.75) is 26.7 Å². The summed E-state index contributed by atoms with van der Waals surface area (Å²) in [6, 6.07) is 0. The zero-order chi connectivity index (χ0) is 23.9. The van der Waals surface area contributed by atoms with Gasteiger partial charge >= 0.3 is 0 Å². The summed E-state index contributed by atoms with van der Waals surface area (Å²) in [5.74, 6) is 0. The molecule has 0 spiro atoms. The molecule has 0 bridgehead atoms. The average Bonchev–Trinajstić information content (AvgIpc) is 2.64. The molecule has 0 unspecified atom stereocenters. The minimum absolute atomic E-state index is 0.111. The molecule has 11 nitrogen and oxygen atoms in total. The van der Waals surface area contributed by atoms with E-state index in [4.69, 9.17) is 44.7 Å². The van der Waals surface area contributed by atoms with Crippen molar-refractivity contribution in [3.63, 3.8) is 0 Å². The summed E-state index contributed by atoms with van der Waals surface area (Å²) in [4.78, 5) is 17.0. The van der Waals surface area contributed by atoms with E-state index in [1.54, 1.807) is 0 Å². The van der Waals surface area contributed by atoms with Gasteiger partial charge in [-0.3, -0.25) is 0 Å². The van der Waals surface area contributed by atoms with E-state index in [2.05, 4.69) is 13.8 Å². The Labute approximate surface area is 182 Å². The smallest absolute Gasteiger partial charge is 0.102 e. The second-order valence-corrected chi connectivity index (χ2v) is 7.56. The highest BCUT2D eigenvalue weighted by Crippen LogP contribution is 2.07. The summed E-state index contributed by atoms with van der Waals surface area (Å²) in [7, 11) is -3.63. The fraction of sp³-hybridized carbons (Fsp3) is 1.00. The highest BCUT2D eigenvalue weighted by Gasteiger charge is 2.25. The van der Waals surface area contributed by atoms with Crippen molar-refractivity contribution in [1.82, 2.24) is 0 Å². The molecule has 0 rings (SSSR count). The summed E-state index contributed by atoms with van der Waals surface area (Å²) < 4.78 is 9.77. The maximum absolute atomic E-state index is 8.90. The normalized spacial score (nSPS) is 11.2. The van der Waals surface area contributed by atoms with Crippen LogP contribution in [0.25, 0.3) is 0 Å². The van der Waals surface area contributed by atoms with Crippen molar-refractivity contribution in [2.75, 3.05) is 92.0 Å². The van der Waals surface area contributed by atoms with Gasteiger partial charge in [0.1, 0.15) is 39.3 Å². The van der Waals surface area contributed by atoms with Crippen LogP contribution in [0, 0.1) is 0 Å². The first-order valence-electron chi connectivity index (χ1n) is 10.5. The lowest BCUT2D eigenvalue weighted by Crippen LogP contribution is -2.53. The lowest BCUT2D eigenvalue weighted by atomic mass is 10.3. The largest absolute Gasteiger partial charge is 0.672 e. The number of hydrogen-bond donors (Lipinski definition) is 6. The molecule has 0 saturated heterocycles. The minimum Gasteiger partial charge on any atom is -0.672 e. The maximum atomic E-state index is 8.90. The molecule has 0 heterocycles. The third-order valence-electron chi connectivity index (χ3n) is 4.84. The summed E-state index contributed by atoms with van der Waals surface area (Å²) in [6.07, 6.45) is 2.00. The Balaban J connectivity index is -0.000000412. The first-order chi connectivity index (χ1) is 14.2. The van der Waals surface area contributed by atoms with Gasteiger partial charge in [0, 0.05) is 9.17 Å². The molecule has 184 valence electrons. The van der Waals surface area contributed by atoms with Gasteiger partial charge in [-0.25, -0.2) is 0 Å². The Bertz CT molecular complexity index is 289. The lowest BCUT2D eigenvalue weighted by molar-refractivity contribution is -0.929. The average molecular weight is 461 g/mol. The number of aliphatic hydroxyl groups excluding tert-OH is 6. The standard InChI is InChI=1S/2C9H22NO3.O3Si/c2*1-2-3-10(4-7-11,5-8-12)6-9-13;1-4(2)3/h2*11-13H,2-9H2,1H3;/q2*+1;-2. The van der Waals surface area contributed by atoms with Gasteiger partial charge in [0.2, 0.25) is 0 Å². The zero-order valence-corrected chi connectivity index (χ0v) is 19.6. The first-order valence-corrected chi connectivity index (χ1v) is 11.7. The first kappa shape index (κ1) is 33.9. The van der Waals surface area contributed by atoms with E-state index in [1.807, 2.05) is 0 Å². The highest BCUT2D eigenvalue weighted by molar-refractivity contribution is 6.17. The van der Waals surface area contributed by atoms with Crippen LogP contribution >= 0.6 is 0 Å². The van der Waals surface area contributed by atoms with E-state index in [0.717, 1.165) is 25.9 Å². The van der Waals surface area contributed by atoms with Crippen molar-refractivity contribution >= 4 is 9.17 Å². The number of nitrogens with zero attached hydrogens (tertiary/aromatic N) is 2. The van der Waals surface area contributed by atoms with Crippen molar-refractivity contribution in [2.24, 2.45) is 0 Å². The van der Waals surface area contributed by atoms with Crippen LogP contribution in [-0.2, 0) is 4.46 Å². The van der Waals surface area contributed by atoms with E-state index >= 15 is 0 Å². The van der Waals surface area contributed by atoms with E-state index in [1.165, 1.54) is 0 Å². The Morgan fingerprint density at radius 2 is 0.700 bits per heavy atom. The second kappa shape index (κ2) is 23.0. The molecule has 0 aliphatic heterocycles. The second-order valence-electron chi connectivity index (χ2n) is 7.06. The number of rotatable bonds is 16. The van der Waals surface area contributed by atoms with Crippen molar-refractivity contribution < 1.29 is 53.7 Å². The molecule has 0 aliphatic rings. The number of hydrogen-bond acceptors (Lipinski definition) is 9. The van der Waals surface area contributed by atoms with Gasteiger partial charge in [-0.05, 0) is 12.8 Å². The van der Waals surface area contributed by atoms with Gasteiger partial charge in [-0.1, -0.05) is 13.8 Å². The summed E-state index contributed by atoms with van der Waals surface area (Å²) >= 11 is 0. The van der Waals surface area contributed by atoms with Crippen LogP contribution in [0.15, 0.2) is 0 Å². The molecular weight excluding hydrogens is 416 g/mol. The number of quaternary nitrogens is 2. The topological polar surface area (TPSA) is 185 Å². The summed E-state index contributed by atoms with van der Waals surface area (Å²) in [6.45, 7) is 10.3.